The summed E-state index contributed by atoms with van der Waals surface area (Å²) in [6, 6.07) is 7.86. The smallest absolute Gasteiger partial charge is 0.340 e. The normalized spacial score (nSPS) is 10.6. The molecule has 0 spiro atoms. The molecule has 0 unspecified atom stereocenters. The summed E-state index contributed by atoms with van der Waals surface area (Å²) in [6.45, 7) is 9.89. The molecule has 2 N–H and O–H groups in total. The summed E-state index contributed by atoms with van der Waals surface area (Å²) in [5.41, 5.74) is 2.90. The van der Waals surface area contributed by atoms with Crippen molar-refractivity contribution in [1.29, 1.82) is 0 Å². The number of Topliss-reactive ketones (excluding diaryl/α,β-unsaturated/α-hetero) is 1. The summed E-state index contributed by atoms with van der Waals surface area (Å²) in [4.78, 5) is 36.9. The maximum absolute atomic E-state index is 12.5. The molecule has 7 heteroatoms. The Kier molecular flexibility index (Phi) is 6.98. The van der Waals surface area contributed by atoms with Crippen molar-refractivity contribution in [3.63, 3.8) is 0 Å². The van der Waals surface area contributed by atoms with Crippen LogP contribution in [0.25, 0.3) is 0 Å². The number of hydrogen-bond donors (Lipinski definition) is 2. The highest BCUT2D eigenvalue weighted by Gasteiger charge is 2.19. The number of aromatic nitrogens is 1. The number of ether oxygens (including phenoxy) is 1. The van der Waals surface area contributed by atoms with Crippen LogP contribution in [0.5, 0.6) is 0 Å². The second kappa shape index (κ2) is 9.21. The van der Waals surface area contributed by atoms with Crippen molar-refractivity contribution in [2.24, 2.45) is 0 Å². The highest BCUT2D eigenvalue weighted by Crippen LogP contribution is 2.18. The van der Waals surface area contributed by atoms with E-state index in [4.69, 9.17) is 4.74 Å². The molecule has 0 atom stereocenters. The first-order chi connectivity index (χ1) is 13.2. The maximum Gasteiger partial charge on any atom is 0.340 e. The van der Waals surface area contributed by atoms with Gasteiger partial charge in [0.25, 0.3) is 0 Å². The predicted octanol–water partition coefficient (Wildman–Crippen LogP) is 3.69. The van der Waals surface area contributed by atoms with Crippen molar-refractivity contribution < 1.29 is 19.1 Å². The first-order valence-electron chi connectivity index (χ1n) is 9.28. The third-order valence-corrected chi connectivity index (χ3v) is 4.34. The van der Waals surface area contributed by atoms with Crippen molar-refractivity contribution in [3.05, 3.63) is 52.8 Å². The molecule has 0 saturated carbocycles. The molecule has 150 valence electrons. The van der Waals surface area contributed by atoms with Gasteiger partial charge in [0.15, 0.2) is 6.61 Å². The molecule has 1 heterocycles. The number of rotatable bonds is 7. The second-order valence-corrected chi connectivity index (χ2v) is 6.83. The number of hydrogen-bond acceptors (Lipinski definition) is 4. The van der Waals surface area contributed by atoms with Crippen LogP contribution >= 0.6 is 0 Å². The van der Waals surface area contributed by atoms with E-state index in [1.165, 1.54) is 0 Å². The van der Waals surface area contributed by atoms with Gasteiger partial charge in [-0.3, -0.25) is 4.79 Å². The molecular formula is C21H27N3O4. The minimum atomic E-state index is -0.668. The van der Waals surface area contributed by atoms with E-state index in [9.17, 15) is 14.4 Å². The molecule has 2 amide bonds. The van der Waals surface area contributed by atoms with Crippen LogP contribution in [0, 0.1) is 13.8 Å². The third kappa shape index (κ3) is 5.00. The quantitative estimate of drug-likeness (QED) is 0.562. The molecule has 2 rings (SSSR count). The zero-order valence-corrected chi connectivity index (χ0v) is 17.0. The van der Waals surface area contributed by atoms with Gasteiger partial charge >= 0.3 is 12.0 Å². The number of ketones is 1. The van der Waals surface area contributed by atoms with Crippen molar-refractivity contribution >= 4 is 23.5 Å². The van der Waals surface area contributed by atoms with E-state index in [0.717, 1.165) is 17.9 Å². The first kappa shape index (κ1) is 21.2. The predicted molar refractivity (Wildman–Crippen MR) is 108 cm³/mol. The van der Waals surface area contributed by atoms with Gasteiger partial charge in [-0.2, -0.15) is 0 Å². The Hall–Kier alpha value is -3.09. The van der Waals surface area contributed by atoms with Gasteiger partial charge in [-0.15, -0.1) is 0 Å². The molecule has 0 fully saturated rings. The zero-order valence-electron chi connectivity index (χ0n) is 17.0. The minimum absolute atomic E-state index is 0.0427. The second-order valence-electron chi connectivity index (χ2n) is 6.83. The summed E-state index contributed by atoms with van der Waals surface area (Å²) >= 11 is 0. The van der Waals surface area contributed by atoms with Crippen LogP contribution in [-0.2, 0) is 11.3 Å². The lowest BCUT2D eigenvalue weighted by Crippen LogP contribution is -2.34. The minimum Gasteiger partial charge on any atom is -0.454 e. The van der Waals surface area contributed by atoms with Crippen LogP contribution < -0.4 is 10.6 Å². The number of nitrogens with zero attached hydrogens (tertiary/aromatic N) is 1. The average Bonchev–Trinajstić information content (AvgIpc) is 2.92. The van der Waals surface area contributed by atoms with Gasteiger partial charge in [-0.25, -0.2) is 9.59 Å². The van der Waals surface area contributed by atoms with Crippen LogP contribution in [-0.4, -0.2) is 35.0 Å². The molecule has 0 aliphatic carbocycles. The van der Waals surface area contributed by atoms with E-state index in [-0.39, 0.29) is 24.0 Å². The van der Waals surface area contributed by atoms with Crippen LogP contribution in [0.1, 0.15) is 52.9 Å². The van der Waals surface area contributed by atoms with Gasteiger partial charge in [0, 0.05) is 29.5 Å². The molecule has 1 aromatic heterocycles. The number of benzene rings is 1. The lowest BCUT2D eigenvalue weighted by Gasteiger charge is -2.13. The molecular weight excluding hydrogens is 358 g/mol. The number of aryl methyl sites for hydroxylation is 1. The highest BCUT2D eigenvalue weighted by atomic mass is 16.5. The number of esters is 1. The number of urea groups is 1. The van der Waals surface area contributed by atoms with E-state index in [2.05, 4.69) is 10.6 Å². The summed E-state index contributed by atoms with van der Waals surface area (Å²) in [7, 11) is 0. The van der Waals surface area contributed by atoms with Crippen LogP contribution in [0.15, 0.2) is 30.3 Å². The summed E-state index contributed by atoms with van der Waals surface area (Å²) in [5.74, 6) is -0.928. The number of anilines is 1. The molecule has 0 radical (unpaired) electrons. The van der Waals surface area contributed by atoms with E-state index in [1.54, 1.807) is 30.3 Å². The number of amides is 2. The molecule has 0 saturated heterocycles. The number of carbonyl (C=O) groups is 3. The molecule has 0 aliphatic heterocycles. The van der Waals surface area contributed by atoms with Crippen LogP contribution in [0.2, 0.25) is 0 Å². The lowest BCUT2D eigenvalue weighted by atomic mass is 10.1. The lowest BCUT2D eigenvalue weighted by molar-refractivity contribution is 0.0475. The standard InChI is InChI=1S/C21H27N3O4/c1-6-24-14(4)11-17(15(24)5)19(25)12-28-20(26)16-9-7-8-10-18(16)23-21(27)22-13(2)3/h7-11,13H,6,12H2,1-5H3,(H2,22,23,27). The topological polar surface area (TPSA) is 89.4 Å². The van der Waals surface area contributed by atoms with Gasteiger partial charge < -0.3 is 19.9 Å². The Morgan fingerprint density at radius 3 is 2.39 bits per heavy atom. The Bertz CT molecular complexity index is 884. The molecule has 1 aromatic carbocycles. The van der Waals surface area contributed by atoms with Gasteiger partial charge in [0.2, 0.25) is 5.78 Å². The maximum atomic E-state index is 12.5. The van der Waals surface area contributed by atoms with E-state index in [0.29, 0.717) is 11.3 Å². The number of para-hydroxylation sites is 1. The fraction of sp³-hybridized carbons (Fsp3) is 0.381. The van der Waals surface area contributed by atoms with Gasteiger partial charge in [0.1, 0.15) is 0 Å². The molecule has 0 aliphatic rings. The molecule has 7 nitrogen and oxygen atoms in total. The molecule has 0 bridgehead atoms. The van der Waals surface area contributed by atoms with Crippen LogP contribution in [0.3, 0.4) is 0 Å². The molecule has 2 aromatic rings. The summed E-state index contributed by atoms with van der Waals surface area (Å²) in [6.07, 6.45) is 0. The zero-order chi connectivity index (χ0) is 20.8. The number of nitrogens with one attached hydrogen (secondary N) is 2. The molecule has 28 heavy (non-hydrogen) atoms. The van der Waals surface area contributed by atoms with Crippen molar-refractivity contribution in [2.45, 2.75) is 47.2 Å². The van der Waals surface area contributed by atoms with E-state index in [1.807, 2.05) is 39.2 Å². The third-order valence-electron chi connectivity index (χ3n) is 4.34. The Morgan fingerprint density at radius 1 is 1.11 bits per heavy atom. The summed E-state index contributed by atoms with van der Waals surface area (Å²) in [5, 5.41) is 5.32. The average molecular weight is 385 g/mol. The monoisotopic (exact) mass is 385 g/mol. The Labute approximate surface area is 165 Å². The van der Waals surface area contributed by atoms with Crippen molar-refractivity contribution in [2.75, 3.05) is 11.9 Å². The van der Waals surface area contributed by atoms with E-state index < -0.39 is 12.0 Å². The Morgan fingerprint density at radius 2 is 1.79 bits per heavy atom. The highest BCUT2D eigenvalue weighted by molar-refractivity contribution is 6.03. The summed E-state index contributed by atoms with van der Waals surface area (Å²) < 4.78 is 7.25. The fourth-order valence-corrected chi connectivity index (χ4v) is 3.05. The Balaban J connectivity index is 2.07. The van der Waals surface area contributed by atoms with Crippen LogP contribution in [0.4, 0.5) is 10.5 Å². The largest absolute Gasteiger partial charge is 0.454 e. The van der Waals surface area contributed by atoms with Gasteiger partial charge in [-0.1, -0.05) is 12.1 Å². The first-order valence-corrected chi connectivity index (χ1v) is 9.28. The van der Waals surface area contributed by atoms with Gasteiger partial charge in [-0.05, 0) is 52.8 Å². The van der Waals surface area contributed by atoms with Crippen molar-refractivity contribution in [1.82, 2.24) is 9.88 Å². The van der Waals surface area contributed by atoms with Crippen molar-refractivity contribution in [3.8, 4) is 0 Å². The number of carbonyl (C=O) groups excluding carboxylic acids is 3. The van der Waals surface area contributed by atoms with Gasteiger partial charge in [0.05, 0.1) is 11.3 Å². The van der Waals surface area contributed by atoms with E-state index >= 15 is 0 Å². The SMILES string of the molecule is CCn1c(C)cc(C(=O)COC(=O)c2ccccc2NC(=O)NC(C)C)c1C. The fourth-order valence-electron chi connectivity index (χ4n) is 3.05.